The topological polar surface area (TPSA) is 21.5 Å². The highest BCUT2D eigenvalue weighted by molar-refractivity contribution is 5.97. The maximum Gasteiger partial charge on any atom is 0.166 e. The van der Waals surface area contributed by atoms with E-state index in [9.17, 15) is 4.79 Å². The Kier molecular flexibility index (Phi) is 2.12. The van der Waals surface area contributed by atoms with Gasteiger partial charge in [0.15, 0.2) is 5.78 Å². The Morgan fingerprint density at radius 1 is 1.29 bits per heavy atom. The molecule has 2 rings (SSSR count). The van der Waals surface area contributed by atoms with E-state index in [2.05, 4.69) is 0 Å². The number of pyridine rings is 1. The summed E-state index contributed by atoms with van der Waals surface area (Å²) in [5, 5.41) is 0. The molecule has 0 saturated heterocycles. The van der Waals surface area contributed by atoms with Crippen LogP contribution in [-0.4, -0.2) is 10.2 Å². The van der Waals surface area contributed by atoms with Crippen molar-refractivity contribution in [2.45, 2.75) is 13.8 Å². The lowest BCUT2D eigenvalue weighted by Gasteiger charge is -2.04. The van der Waals surface area contributed by atoms with E-state index in [1.807, 2.05) is 54.9 Å². The van der Waals surface area contributed by atoms with E-state index in [4.69, 9.17) is 0 Å². The number of hydrogen-bond donors (Lipinski definition) is 0. The molecule has 0 spiro atoms. The molecule has 0 radical (unpaired) electrons. The average Bonchev–Trinajstić information content (AvgIpc) is 2.62. The number of rotatable bonds is 2. The summed E-state index contributed by atoms with van der Waals surface area (Å²) in [6, 6.07) is 7.84. The molecule has 0 amide bonds. The lowest BCUT2D eigenvalue weighted by atomic mass is 10.0. The van der Waals surface area contributed by atoms with Crippen LogP contribution in [-0.2, 0) is 0 Å². The predicted octanol–water partition coefficient (Wildman–Crippen LogP) is 2.78. The van der Waals surface area contributed by atoms with Gasteiger partial charge in [-0.15, -0.1) is 0 Å². The molecule has 0 fully saturated rings. The minimum Gasteiger partial charge on any atom is -0.323 e. The fourth-order valence-corrected chi connectivity index (χ4v) is 1.51. The van der Waals surface area contributed by atoms with E-state index >= 15 is 0 Å². The van der Waals surface area contributed by atoms with Crippen molar-refractivity contribution in [3.63, 3.8) is 0 Å². The van der Waals surface area contributed by atoms with Crippen LogP contribution in [0.25, 0.3) is 5.52 Å². The molecule has 2 nitrogen and oxygen atoms in total. The summed E-state index contributed by atoms with van der Waals surface area (Å²) in [5.74, 6) is 0.253. The summed E-state index contributed by atoms with van der Waals surface area (Å²) in [6.07, 6.45) is 3.84. The zero-order valence-corrected chi connectivity index (χ0v) is 8.40. The van der Waals surface area contributed by atoms with E-state index in [1.54, 1.807) is 0 Å². The third kappa shape index (κ3) is 1.43. The Bertz CT molecular complexity index is 468. The molecule has 0 bridgehead atoms. The Hall–Kier alpha value is -1.57. The monoisotopic (exact) mass is 187 g/mol. The first-order valence-corrected chi connectivity index (χ1v) is 4.79. The van der Waals surface area contributed by atoms with Crippen LogP contribution in [0, 0.1) is 5.92 Å². The van der Waals surface area contributed by atoms with Crippen LogP contribution in [0.4, 0.5) is 0 Å². The van der Waals surface area contributed by atoms with Crippen LogP contribution < -0.4 is 0 Å². The Labute approximate surface area is 83.2 Å². The number of hydrogen-bond acceptors (Lipinski definition) is 1. The van der Waals surface area contributed by atoms with Gasteiger partial charge in [-0.3, -0.25) is 4.79 Å². The first-order chi connectivity index (χ1) is 6.68. The van der Waals surface area contributed by atoms with Crippen molar-refractivity contribution in [3.8, 4) is 0 Å². The fourth-order valence-electron chi connectivity index (χ4n) is 1.51. The second-order valence-electron chi connectivity index (χ2n) is 3.78. The van der Waals surface area contributed by atoms with Gasteiger partial charge in [0.25, 0.3) is 0 Å². The highest BCUT2D eigenvalue weighted by Crippen LogP contribution is 2.11. The van der Waals surface area contributed by atoms with Crippen molar-refractivity contribution < 1.29 is 4.79 Å². The summed E-state index contributed by atoms with van der Waals surface area (Å²) in [6.45, 7) is 3.84. The molecule has 0 aromatic carbocycles. The van der Waals surface area contributed by atoms with E-state index < -0.39 is 0 Å². The van der Waals surface area contributed by atoms with Crippen LogP contribution in [0.1, 0.15) is 24.2 Å². The number of carbonyl (C=O) groups is 1. The minimum absolute atomic E-state index is 0.0583. The van der Waals surface area contributed by atoms with Crippen LogP contribution >= 0.6 is 0 Å². The van der Waals surface area contributed by atoms with Gasteiger partial charge in [-0.2, -0.15) is 0 Å². The lowest BCUT2D eigenvalue weighted by molar-refractivity contribution is 0.0939. The summed E-state index contributed by atoms with van der Waals surface area (Å²) in [7, 11) is 0. The van der Waals surface area contributed by atoms with E-state index in [0.717, 1.165) is 11.1 Å². The summed E-state index contributed by atoms with van der Waals surface area (Å²) >= 11 is 0. The average molecular weight is 187 g/mol. The standard InChI is InChI=1S/C12H13NO/c1-9(2)12(14)10-5-6-11-4-3-7-13(11)8-10/h3-9H,1-2H3. The molecule has 0 atom stereocenters. The number of carbonyl (C=O) groups excluding carboxylic acids is 1. The van der Waals surface area contributed by atoms with Gasteiger partial charge in [0.1, 0.15) is 0 Å². The molecule has 14 heavy (non-hydrogen) atoms. The van der Waals surface area contributed by atoms with Crippen LogP contribution in [0.3, 0.4) is 0 Å². The molecule has 0 aliphatic heterocycles. The van der Waals surface area contributed by atoms with Crippen LogP contribution in [0.2, 0.25) is 0 Å². The van der Waals surface area contributed by atoms with Gasteiger partial charge in [-0.1, -0.05) is 13.8 Å². The molecule has 0 aliphatic rings. The number of aromatic nitrogens is 1. The summed E-state index contributed by atoms with van der Waals surface area (Å²) in [5.41, 5.74) is 1.90. The molecule has 0 unspecified atom stereocenters. The zero-order valence-electron chi connectivity index (χ0n) is 8.40. The highest BCUT2D eigenvalue weighted by atomic mass is 16.1. The van der Waals surface area contributed by atoms with Gasteiger partial charge in [-0.05, 0) is 24.3 Å². The van der Waals surface area contributed by atoms with Gasteiger partial charge in [0, 0.05) is 29.4 Å². The molecular weight excluding hydrogens is 174 g/mol. The largest absolute Gasteiger partial charge is 0.323 e. The molecule has 0 N–H and O–H groups in total. The van der Waals surface area contributed by atoms with Crippen molar-refractivity contribution in [2.24, 2.45) is 5.92 Å². The van der Waals surface area contributed by atoms with E-state index in [-0.39, 0.29) is 11.7 Å². The molecular formula is C12H13NO. The SMILES string of the molecule is CC(C)C(=O)c1ccc2cccn2c1. The Balaban J connectivity index is 2.48. The maximum absolute atomic E-state index is 11.7. The summed E-state index contributed by atoms with van der Waals surface area (Å²) < 4.78 is 1.97. The second-order valence-corrected chi connectivity index (χ2v) is 3.78. The molecule has 2 heteroatoms. The molecule has 2 aromatic heterocycles. The van der Waals surface area contributed by atoms with Gasteiger partial charge in [0.05, 0.1) is 0 Å². The van der Waals surface area contributed by atoms with Gasteiger partial charge in [0.2, 0.25) is 0 Å². The molecule has 0 aliphatic carbocycles. The van der Waals surface area contributed by atoms with Crippen molar-refractivity contribution in [3.05, 3.63) is 42.2 Å². The number of Topliss-reactive ketones (excluding diaryl/α,β-unsaturated/α-hetero) is 1. The van der Waals surface area contributed by atoms with Crippen molar-refractivity contribution >= 4 is 11.3 Å². The molecule has 2 aromatic rings. The highest BCUT2D eigenvalue weighted by Gasteiger charge is 2.10. The van der Waals surface area contributed by atoms with Gasteiger partial charge >= 0.3 is 0 Å². The predicted molar refractivity (Wildman–Crippen MR) is 56.6 cm³/mol. The third-order valence-electron chi connectivity index (χ3n) is 2.33. The third-order valence-corrected chi connectivity index (χ3v) is 2.33. The van der Waals surface area contributed by atoms with Gasteiger partial charge < -0.3 is 4.40 Å². The number of ketones is 1. The van der Waals surface area contributed by atoms with Crippen molar-refractivity contribution in [2.75, 3.05) is 0 Å². The first kappa shape index (κ1) is 9.00. The van der Waals surface area contributed by atoms with Crippen molar-refractivity contribution in [1.82, 2.24) is 4.40 Å². The molecule has 72 valence electrons. The number of fused-ring (bicyclic) bond motifs is 1. The zero-order chi connectivity index (χ0) is 10.1. The fraction of sp³-hybridized carbons (Fsp3) is 0.250. The van der Waals surface area contributed by atoms with E-state index in [0.29, 0.717) is 0 Å². The Morgan fingerprint density at radius 3 is 2.79 bits per heavy atom. The van der Waals surface area contributed by atoms with Crippen LogP contribution in [0.15, 0.2) is 36.7 Å². The smallest absolute Gasteiger partial charge is 0.166 e. The lowest BCUT2D eigenvalue weighted by Crippen LogP contribution is -2.07. The van der Waals surface area contributed by atoms with E-state index in [1.165, 1.54) is 0 Å². The van der Waals surface area contributed by atoms with Crippen LogP contribution in [0.5, 0.6) is 0 Å². The molecule has 0 saturated carbocycles. The Morgan fingerprint density at radius 2 is 2.07 bits per heavy atom. The first-order valence-electron chi connectivity index (χ1n) is 4.79. The van der Waals surface area contributed by atoms with Crippen molar-refractivity contribution in [1.29, 1.82) is 0 Å². The second kappa shape index (κ2) is 3.29. The quantitative estimate of drug-likeness (QED) is 0.662. The number of nitrogens with zero attached hydrogens (tertiary/aromatic N) is 1. The summed E-state index contributed by atoms with van der Waals surface area (Å²) in [4.78, 5) is 11.7. The maximum atomic E-state index is 11.7. The normalized spacial score (nSPS) is 11.1. The minimum atomic E-state index is 0.0583. The molecule has 2 heterocycles. The van der Waals surface area contributed by atoms with Gasteiger partial charge in [-0.25, -0.2) is 0 Å².